The fraction of sp³-hybridized carbons (Fsp3) is 0.345. The molecule has 1 aliphatic rings. The summed E-state index contributed by atoms with van der Waals surface area (Å²) in [7, 11) is 0. The van der Waals surface area contributed by atoms with Gasteiger partial charge in [-0.05, 0) is 62.8 Å². The van der Waals surface area contributed by atoms with Crippen molar-refractivity contribution in [3.8, 4) is 0 Å². The average Bonchev–Trinajstić information content (AvgIpc) is 3.77. The highest BCUT2D eigenvalue weighted by Crippen LogP contribution is 2.40. The number of hydrogen-bond donors (Lipinski definition) is 2. The van der Waals surface area contributed by atoms with E-state index in [4.69, 9.17) is 9.15 Å². The number of aromatic nitrogens is 3. The molecule has 0 fully saturated rings. The van der Waals surface area contributed by atoms with Crippen LogP contribution in [0.5, 0.6) is 0 Å². The molecule has 1 aliphatic carbocycles. The smallest absolute Gasteiger partial charge is 0.341 e. The first-order chi connectivity index (χ1) is 19.9. The number of esters is 1. The van der Waals surface area contributed by atoms with Gasteiger partial charge in [-0.1, -0.05) is 42.1 Å². The maximum Gasteiger partial charge on any atom is 0.341 e. The summed E-state index contributed by atoms with van der Waals surface area (Å²) in [4.78, 5) is 39.6. The van der Waals surface area contributed by atoms with Crippen molar-refractivity contribution in [1.29, 1.82) is 0 Å². The topological polar surface area (TPSA) is 128 Å². The van der Waals surface area contributed by atoms with E-state index in [-0.39, 0.29) is 30.7 Å². The molecule has 214 valence electrons. The molecule has 0 saturated heterocycles. The van der Waals surface area contributed by atoms with Crippen LogP contribution in [-0.4, -0.2) is 44.4 Å². The molecule has 2 N–H and O–H groups in total. The maximum absolute atomic E-state index is 13.3. The number of amides is 2. The maximum atomic E-state index is 13.3. The molecule has 3 heterocycles. The minimum Gasteiger partial charge on any atom is -0.462 e. The van der Waals surface area contributed by atoms with Crippen molar-refractivity contribution in [2.45, 2.75) is 63.0 Å². The number of benzene rings is 1. The Morgan fingerprint density at radius 3 is 2.73 bits per heavy atom. The van der Waals surface area contributed by atoms with Crippen molar-refractivity contribution in [1.82, 2.24) is 20.1 Å². The van der Waals surface area contributed by atoms with Gasteiger partial charge in [-0.3, -0.25) is 9.59 Å². The zero-order valence-electron chi connectivity index (χ0n) is 22.8. The molecule has 0 spiro atoms. The molecule has 1 aromatic carbocycles. The molecular formula is C29H31N5O5S2. The standard InChI is InChI=1S/C29H31N5O5S2/c1-3-38-28(37)24-20-11-7-13-22(20)41-27(24)31-25(35)18(2)40-29-33-32-23(17-30-26(36)21-12-8-16-39-21)34(29)15-14-19-9-5-4-6-10-19/h4-6,8-10,12,16,18H,3,7,11,13-15,17H2,1-2H3,(H,30,36)(H,31,35)/t18-/m1/s1. The average molecular weight is 594 g/mol. The van der Waals surface area contributed by atoms with Gasteiger partial charge in [-0.2, -0.15) is 0 Å². The Morgan fingerprint density at radius 1 is 1.15 bits per heavy atom. The quantitative estimate of drug-likeness (QED) is 0.176. The van der Waals surface area contributed by atoms with E-state index in [0.29, 0.717) is 28.1 Å². The highest BCUT2D eigenvalue weighted by Gasteiger charge is 2.30. The first-order valence-electron chi connectivity index (χ1n) is 13.5. The molecule has 5 rings (SSSR count). The monoisotopic (exact) mass is 593 g/mol. The number of thiophene rings is 1. The Labute approximate surface area is 245 Å². The van der Waals surface area contributed by atoms with Crippen LogP contribution in [0, 0.1) is 0 Å². The second kappa shape index (κ2) is 13.2. The van der Waals surface area contributed by atoms with Crippen LogP contribution >= 0.6 is 23.1 Å². The fourth-order valence-electron chi connectivity index (χ4n) is 4.64. The Balaban J connectivity index is 1.31. The zero-order valence-corrected chi connectivity index (χ0v) is 24.5. The van der Waals surface area contributed by atoms with Crippen LogP contribution in [0.1, 0.15) is 63.0 Å². The van der Waals surface area contributed by atoms with Gasteiger partial charge in [0.2, 0.25) is 5.91 Å². The van der Waals surface area contributed by atoms with Crippen molar-refractivity contribution in [2.75, 3.05) is 11.9 Å². The Kier molecular flexibility index (Phi) is 9.20. The molecule has 12 heteroatoms. The molecule has 41 heavy (non-hydrogen) atoms. The molecule has 0 aliphatic heterocycles. The third-order valence-corrected chi connectivity index (χ3v) is 8.99. The number of rotatable bonds is 12. The summed E-state index contributed by atoms with van der Waals surface area (Å²) >= 11 is 2.73. The molecule has 3 aromatic heterocycles. The van der Waals surface area contributed by atoms with Crippen LogP contribution in [0.3, 0.4) is 0 Å². The summed E-state index contributed by atoms with van der Waals surface area (Å²) in [5.74, 6) is -0.220. The van der Waals surface area contributed by atoms with Crippen molar-refractivity contribution in [2.24, 2.45) is 0 Å². The van der Waals surface area contributed by atoms with E-state index in [1.807, 2.05) is 34.9 Å². The van der Waals surface area contributed by atoms with Crippen molar-refractivity contribution in [3.63, 3.8) is 0 Å². The van der Waals surface area contributed by atoms with Crippen molar-refractivity contribution in [3.05, 3.63) is 81.9 Å². The van der Waals surface area contributed by atoms with Crippen LogP contribution in [0.4, 0.5) is 5.00 Å². The SMILES string of the molecule is CCOC(=O)c1c(NC(=O)[C@@H](C)Sc2nnc(CNC(=O)c3ccco3)n2CCc2ccccc2)sc2c1CCC2. The number of thioether (sulfide) groups is 1. The van der Waals surface area contributed by atoms with Gasteiger partial charge in [0.25, 0.3) is 5.91 Å². The predicted octanol–water partition coefficient (Wildman–Crippen LogP) is 4.89. The van der Waals surface area contributed by atoms with Crippen molar-refractivity contribution < 1.29 is 23.5 Å². The van der Waals surface area contributed by atoms with Crippen LogP contribution < -0.4 is 10.6 Å². The number of anilines is 1. The van der Waals surface area contributed by atoms with E-state index < -0.39 is 11.2 Å². The zero-order chi connectivity index (χ0) is 28.8. The number of hydrogen-bond acceptors (Lipinski definition) is 9. The minimum absolute atomic E-state index is 0.145. The Morgan fingerprint density at radius 2 is 1.98 bits per heavy atom. The lowest BCUT2D eigenvalue weighted by atomic mass is 10.1. The third kappa shape index (κ3) is 6.71. The fourth-order valence-corrected chi connectivity index (χ4v) is 6.81. The molecule has 1 atom stereocenters. The van der Waals surface area contributed by atoms with E-state index in [9.17, 15) is 14.4 Å². The van der Waals surface area contributed by atoms with Crippen LogP contribution in [0.2, 0.25) is 0 Å². The van der Waals surface area contributed by atoms with Crippen molar-refractivity contribution >= 4 is 45.9 Å². The van der Waals surface area contributed by atoms with Gasteiger partial charge in [0, 0.05) is 11.4 Å². The summed E-state index contributed by atoms with van der Waals surface area (Å²) < 4.78 is 12.4. The largest absolute Gasteiger partial charge is 0.462 e. The van der Waals surface area contributed by atoms with Gasteiger partial charge in [0.1, 0.15) is 5.00 Å². The lowest BCUT2D eigenvalue weighted by Gasteiger charge is -2.14. The Bertz CT molecular complexity index is 1510. The number of nitrogens with zero attached hydrogens (tertiary/aromatic N) is 3. The van der Waals surface area contributed by atoms with Gasteiger partial charge < -0.3 is 24.4 Å². The third-order valence-electron chi connectivity index (χ3n) is 6.70. The van der Waals surface area contributed by atoms with Crippen LogP contribution in [-0.2, 0) is 41.9 Å². The van der Waals surface area contributed by atoms with Gasteiger partial charge >= 0.3 is 5.97 Å². The van der Waals surface area contributed by atoms with Gasteiger partial charge in [-0.15, -0.1) is 21.5 Å². The van der Waals surface area contributed by atoms with Gasteiger partial charge in [-0.25, -0.2) is 4.79 Å². The van der Waals surface area contributed by atoms with E-state index in [1.165, 1.54) is 29.4 Å². The number of aryl methyl sites for hydroxylation is 2. The summed E-state index contributed by atoms with van der Waals surface area (Å²) in [5.41, 5.74) is 2.62. The first kappa shape index (κ1) is 28.6. The predicted molar refractivity (Wildman–Crippen MR) is 156 cm³/mol. The summed E-state index contributed by atoms with van der Waals surface area (Å²) in [6, 6.07) is 13.3. The highest BCUT2D eigenvalue weighted by molar-refractivity contribution is 8.00. The molecule has 2 amide bonds. The lowest BCUT2D eigenvalue weighted by Crippen LogP contribution is -2.25. The molecule has 0 unspecified atom stereocenters. The number of carbonyl (C=O) groups is 3. The number of furan rings is 1. The normalized spacial score (nSPS) is 13.0. The second-order valence-corrected chi connectivity index (χ2v) is 11.9. The number of nitrogens with one attached hydrogen (secondary N) is 2. The second-order valence-electron chi connectivity index (χ2n) is 9.48. The van der Waals surface area contributed by atoms with E-state index in [0.717, 1.165) is 41.7 Å². The molecule has 4 aromatic rings. The van der Waals surface area contributed by atoms with E-state index in [1.54, 1.807) is 26.0 Å². The van der Waals surface area contributed by atoms with E-state index >= 15 is 0 Å². The first-order valence-corrected chi connectivity index (χ1v) is 15.2. The van der Waals surface area contributed by atoms with Crippen LogP contribution in [0.25, 0.3) is 0 Å². The molecule has 0 bridgehead atoms. The molecule has 0 radical (unpaired) electrons. The minimum atomic E-state index is -0.535. The molecule has 0 saturated carbocycles. The summed E-state index contributed by atoms with van der Waals surface area (Å²) in [5, 5.41) is 15.0. The summed E-state index contributed by atoms with van der Waals surface area (Å²) in [6.07, 6.45) is 4.87. The Hall–Kier alpha value is -3.90. The summed E-state index contributed by atoms with van der Waals surface area (Å²) in [6.45, 7) is 4.54. The number of fused-ring (bicyclic) bond motifs is 1. The molecule has 10 nitrogen and oxygen atoms in total. The van der Waals surface area contributed by atoms with Gasteiger partial charge in [0.15, 0.2) is 16.7 Å². The van der Waals surface area contributed by atoms with Crippen LogP contribution in [0.15, 0.2) is 58.3 Å². The van der Waals surface area contributed by atoms with Gasteiger partial charge in [0.05, 0.1) is 30.2 Å². The number of ether oxygens (including phenoxy) is 1. The highest BCUT2D eigenvalue weighted by atomic mass is 32.2. The number of carbonyl (C=O) groups excluding carboxylic acids is 3. The van der Waals surface area contributed by atoms with E-state index in [2.05, 4.69) is 20.8 Å². The lowest BCUT2D eigenvalue weighted by molar-refractivity contribution is -0.115. The molecular weight excluding hydrogens is 562 g/mol.